The van der Waals surface area contributed by atoms with Crippen molar-refractivity contribution in [2.24, 2.45) is 0 Å². The molecule has 0 radical (unpaired) electrons. The molecule has 5 heteroatoms. The average molecular weight is 310 g/mol. The third-order valence-corrected chi connectivity index (χ3v) is 4.27. The predicted octanol–water partition coefficient (Wildman–Crippen LogP) is 3.13. The van der Waals surface area contributed by atoms with Crippen LogP contribution in [0, 0.1) is 0 Å². The standard InChI is InChI=1S/C18H22N4O/c1-3-21(4-2)12-13-22-16-10-6-5-9-15(16)20-17-14(18(22)23)8-7-11-19-17/h5-11H,3-4,12-13H2,1-2H3,(H,19,20). The Hall–Kier alpha value is -2.40. The molecule has 0 saturated heterocycles. The molecular weight excluding hydrogens is 288 g/mol. The fourth-order valence-electron chi connectivity index (χ4n) is 2.88. The lowest BCUT2D eigenvalue weighted by Gasteiger charge is -2.26. The van der Waals surface area contributed by atoms with E-state index in [-0.39, 0.29) is 5.91 Å². The van der Waals surface area contributed by atoms with Crippen molar-refractivity contribution in [1.82, 2.24) is 9.88 Å². The van der Waals surface area contributed by atoms with Gasteiger partial charge < -0.3 is 15.1 Å². The first kappa shape index (κ1) is 15.5. The Morgan fingerprint density at radius 1 is 1.13 bits per heavy atom. The molecule has 23 heavy (non-hydrogen) atoms. The molecule has 0 bridgehead atoms. The van der Waals surface area contributed by atoms with Gasteiger partial charge in [0.15, 0.2) is 0 Å². The van der Waals surface area contributed by atoms with E-state index in [1.165, 1.54) is 0 Å². The third-order valence-electron chi connectivity index (χ3n) is 4.27. The number of aromatic nitrogens is 1. The van der Waals surface area contributed by atoms with Crippen molar-refractivity contribution in [3.8, 4) is 0 Å². The van der Waals surface area contributed by atoms with Crippen LogP contribution in [0.15, 0.2) is 42.6 Å². The molecule has 1 aromatic carbocycles. The second kappa shape index (κ2) is 6.79. The van der Waals surface area contributed by atoms with Crippen molar-refractivity contribution < 1.29 is 4.79 Å². The summed E-state index contributed by atoms with van der Waals surface area (Å²) in [5.41, 5.74) is 2.43. The van der Waals surface area contributed by atoms with Gasteiger partial charge in [0, 0.05) is 19.3 Å². The van der Waals surface area contributed by atoms with Crippen LogP contribution in [-0.4, -0.2) is 42.0 Å². The van der Waals surface area contributed by atoms with E-state index >= 15 is 0 Å². The highest BCUT2D eigenvalue weighted by atomic mass is 16.2. The summed E-state index contributed by atoms with van der Waals surface area (Å²) in [5.74, 6) is 0.619. The summed E-state index contributed by atoms with van der Waals surface area (Å²) in [6, 6.07) is 11.5. The van der Waals surface area contributed by atoms with Gasteiger partial charge in [-0.2, -0.15) is 0 Å². The molecule has 0 aliphatic carbocycles. The van der Waals surface area contributed by atoms with Crippen LogP contribution >= 0.6 is 0 Å². The highest BCUT2D eigenvalue weighted by Gasteiger charge is 2.27. The zero-order valence-electron chi connectivity index (χ0n) is 13.6. The lowest BCUT2D eigenvalue weighted by molar-refractivity contribution is 0.0985. The van der Waals surface area contributed by atoms with Crippen molar-refractivity contribution in [1.29, 1.82) is 0 Å². The maximum absolute atomic E-state index is 13.0. The summed E-state index contributed by atoms with van der Waals surface area (Å²) in [4.78, 5) is 21.5. The van der Waals surface area contributed by atoms with Crippen LogP contribution in [0.1, 0.15) is 24.2 Å². The van der Waals surface area contributed by atoms with Gasteiger partial charge in [-0.1, -0.05) is 26.0 Å². The molecule has 0 unspecified atom stereocenters. The fraction of sp³-hybridized carbons (Fsp3) is 0.333. The highest BCUT2D eigenvalue weighted by Crippen LogP contribution is 2.34. The lowest BCUT2D eigenvalue weighted by atomic mass is 10.2. The number of amides is 1. The SMILES string of the molecule is CCN(CC)CCN1C(=O)c2cccnc2Nc2ccccc21. The van der Waals surface area contributed by atoms with Gasteiger partial charge in [0.1, 0.15) is 5.82 Å². The first-order valence-corrected chi connectivity index (χ1v) is 8.09. The van der Waals surface area contributed by atoms with E-state index in [2.05, 4.69) is 29.0 Å². The molecule has 0 atom stereocenters. The van der Waals surface area contributed by atoms with Crippen molar-refractivity contribution >= 4 is 23.1 Å². The number of anilines is 3. The summed E-state index contributed by atoms with van der Waals surface area (Å²) < 4.78 is 0. The molecule has 1 amide bonds. The number of likely N-dealkylation sites (N-methyl/N-ethyl adjacent to an activating group) is 1. The lowest BCUT2D eigenvalue weighted by Crippen LogP contribution is -2.38. The quantitative estimate of drug-likeness (QED) is 0.922. The molecule has 120 valence electrons. The van der Waals surface area contributed by atoms with Crippen LogP contribution in [0.25, 0.3) is 0 Å². The molecule has 1 N–H and O–H groups in total. The summed E-state index contributed by atoms with van der Waals surface area (Å²) in [6.07, 6.45) is 1.70. The molecule has 3 rings (SSSR count). The number of pyridine rings is 1. The Labute approximate surface area is 136 Å². The van der Waals surface area contributed by atoms with E-state index in [0.29, 0.717) is 17.9 Å². The normalized spacial score (nSPS) is 13.3. The van der Waals surface area contributed by atoms with Crippen molar-refractivity contribution in [2.75, 3.05) is 36.4 Å². The van der Waals surface area contributed by atoms with Crippen LogP contribution in [0.2, 0.25) is 0 Å². The van der Waals surface area contributed by atoms with E-state index < -0.39 is 0 Å². The maximum Gasteiger partial charge on any atom is 0.262 e. The predicted molar refractivity (Wildman–Crippen MR) is 93.4 cm³/mol. The van der Waals surface area contributed by atoms with E-state index in [9.17, 15) is 4.79 Å². The summed E-state index contributed by atoms with van der Waals surface area (Å²) in [6.45, 7) is 7.76. The number of fused-ring (bicyclic) bond motifs is 2. The number of para-hydroxylation sites is 2. The van der Waals surface area contributed by atoms with Crippen LogP contribution in [-0.2, 0) is 0 Å². The molecule has 1 aliphatic heterocycles. The molecule has 0 saturated carbocycles. The van der Waals surface area contributed by atoms with Gasteiger partial charge in [0.05, 0.1) is 16.9 Å². The third kappa shape index (κ3) is 3.05. The van der Waals surface area contributed by atoms with E-state index in [4.69, 9.17) is 0 Å². The molecule has 5 nitrogen and oxygen atoms in total. The Bertz CT molecular complexity index is 697. The first-order valence-electron chi connectivity index (χ1n) is 8.09. The number of benzene rings is 1. The van der Waals surface area contributed by atoms with Gasteiger partial charge in [-0.15, -0.1) is 0 Å². The summed E-state index contributed by atoms with van der Waals surface area (Å²) in [5, 5.41) is 3.29. The van der Waals surface area contributed by atoms with E-state index in [1.807, 2.05) is 35.2 Å². The van der Waals surface area contributed by atoms with Crippen LogP contribution in [0.3, 0.4) is 0 Å². The smallest absolute Gasteiger partial charge is 0.262 e. The van der Waals surface area contributed by atoms with Crippen LogP contribution in [0.4, 0.5) is 17.2 Å². The Morgan fingerprint density at radius 2 is 1.91 bits per heavy atom. The molecule has 0 spiro atoms. The minimum Gasteiger partial charge on any atom is -0.338 e. The number of carbonyl (C=O) groups is 1. The average Bonchev–Trinajstić information content (AvgIpc) is 2.71. The van der Waals surface area contributed by atoms with Gasteiger partial charge in [0.25, 0.3) is 5.91 Å². The largest absolute Gasteiger partial charge is 0.338 e. The number of nitrogens with one attached hydrogen (secondary N) is 1. The zero-order chi connectivity index (χ0) is 16.2. The minimum absolute atomic E-state index is 0.00212. The van der Waals surface area contributed by atoms with Gasteiger partial charge >= 0.3 is 0 Å². The second-order valence-corrected chi connectivity index (χ2v) is 5.53. The first-order chi connectivity index (χ1) is 11.2. The molecular formula is C18H22N4O. The number of nitrogens with zero attached hydrogens (tertiary/aromatic N) is 3. The van der Waals surface area contributed by atoms with Crippen molar-refractivity contribution in [3.63, 3.8) is 0 Å². The Morgan fingerprint density at radius 3 is 2.70 bits per heavy atom. The number of hydrogen-bond donors (Lipinski definition) is 1. The monoisotopic (exact) mass is 310 g/mol. The topological polar surface area (TPSA) is 48.5 Å². The van der Waals surface area contributed by atoms with Gasteiger partial charge in [-0.25, -0.2) is 4.98 Å². The minimum atomic E-state index is -0.00212. The number of carbonyl (C=O) groups excluding carboxylic acids is 1. The maximum atomic E-state index is 13.0. The summed E-state index contributed by atoms with van der Waals surface area (Å²) >= 11 is 0. The molecule has 2 heterocycles. The van der Waals surface area contributed by atoms with Crippen LogP contribution < -0.4 is 10.2 Å². The molecule has 1 aromatic heterocycles. The number of rotatable bonds is 5. The molecule has 2 aromatic rings. The van der Waals surface area contributed by atoms with E-state index in [1.54, 1.807) is 12.3 Å². The van der Waals surface area contributed by atoms with Gasteiger partial charge in [-0.3, -0.25) is 4.79 Å². The van der Waals surface area contributed by atoms with Gasteiger partial charge in [0.2, 0.25) is 0 Å². The Balaban J connectivity index is 1.97. The van der Waals surface area contributed by atoms with Crippen LogP contribution in [0.5, 0.6) is 0 Å². The Kier molecular flexibility index (Phi) is 4.57. The second-order valence-electron chi connectivity index (χ2n) is 5.53. The zero-order valence-corrected chi connectivity index (χ0v) is 13.6. The van der Waals surface area contributed by atoms with Gasteiger partial charge in [-0.05, 0) is 37.4 Å². The summed E-state index contributed by atoms with van der Waals surface area (Å²) in [7, 11) is 0. The van der Waals surface area contributed by atoms with Crippen molar-refractivity contribution in [3.05, 3.63) is 48.2 Å². The highest BCUT2D eigenvalue weighted by molar-refractivity contribution is 6.12. The molecule has 1 aliphatic rings. The fourth-order valence-corrected chi connectivity index (χ4v) is 2.88. The van der Waals surface area contributed by atoms with Crippen molar-refractivity contribution in [2.45, 2.75) is 13.8 Å². The number of hydrogen-bond acceptors (Lipinski definition) is 4. The van der Waals surface area contributed by atoms with E-state index in [0.717, 1.165) is 31.0 Å². The molecule has 0 fully saturated rings.